The van der Waals surface area contributed by atoms with Crippen LogP contribution in [0.2, 0.25) is 10.0 Å². The fourth-order valence-electron chi connectivity index (χ4n) is 3.33. The smallest absolute Gasteiger partial charge is 0.229 e. The highest BCUT2D eigenvalue weighted by Crippen LogP contribution is 2.38. The first-order chi connectivity index (χ1) is 13.7. The summed E-state index contributed by atoms with van der Waals surface area (Å²) in [7, 11) is 0. The van der Waals surface area contributed by atoms with Crippen LogP contribution in [0.3, 0.4) is 0 Å². The summed E-state index contributed by atoms with van der Waals surface area (Å²) >= 11 is 12.5. The average molecular weight is 409 g/mol. The quantitative estimate of drug-likeness (QED) is 0.680. The number of anilines is 3. The lowest BCUT2D eigenvalue weighted by Gasteiger charge is -2.28. The monoisotopic (exact) mass is 408 g/mol. The number of fused-ring (bicyclic) bond motifs is 3. The molecule has 2 aliphatic heterocycles. The number of rotatable bonds is 3. The molecule has 0 saturated carbocycles. The Morgan fingerprint density at radius 3 is 2.75 bits per heavy atom. The summed E-state index contributed by atoms with van der Waals surface area (Å²) in [6.45, 7) is 1.46. The molecular formula is C20H14Cl2N6. The first-order valence-corrected chi connectivity index (χ1v) is 9.48. The van der Waals surface area contributed by atoms with Gasteiger partial charge in [-0.1, -0.05) is 29.3 Å². The fourth-order valence-corrected chi connectivity index (χ4v) is 3.85. The normalized spacial score (nSPS) is 14.9. The van der Waals surface area contributed by atoms with E-state index in [1.54, 1.807) is 18.5 Å². The van der Waals surface area contributed by atoms with Crippen LogP contribution in [0, 0.1) is 0 Å². The molecule has 0 atom stereocenters. The highest BCUT2D eigenvalue weighted by Gasteiger charge is 2.31. The largest absolute Gasteiger partial charge is 0.324 e. The molecule has 2 aliphatic rings. The van der Waals surface area contributed by atoms with Crippen molar-refractivity contribution in [3.05, 3.63) is 70.1 Å². The Labute approximate surface area is 171 Å². The van der Waals surface area contributed by atoms with Gasteiger partial charge >= 0.3 is 0 Å². The van der Waals surface area contributed by atoms with E-state index >= 15 is 0 Å². The zero-order chi connectivity index (χ0) is 19.1. The van der Waals surface area contributed by atoms with Crippen LogP contribution in [0.1, 0.15) is 11.1 Å². The van der Waals surface area contributed by atoms with Crippen LogP contribution in [0.25, 0.3) is 11.6 Å². The third-order valence-corrected chi connectivity index (χ3v) is 5.14. The Kier molecular flexibility index (Phi) is 4.22. The molecule has 0 radical (unpaired) electrons. The maximum Gasteiger partial charge on any atom is 0.229 e. The number of amidine groups is 1. The maximum absolute atomic E-state index is 6.45. The average Bonchev–Trinajstić information content (AvgIpc) is 3.19. The van der Waals surface area contributed by atoms with Gasteiger partial charge in [0.15, 0.2) is 0 Å². The van der Waals surface area contributed by atoms with Crippen molar-refractivity contribution < 1.29 is 0 Å². The number of pyridine rings is 1. The molecule has 2 aromatic heterocycles. The minimum atomic E-state index is 0.526. The lowest BCUT2D eigenvalue weighted by atomic mass is 9.98. The zero-order valence-corrected chi connectivity index (χ0v) is 16.1. The number of hydrogen-bond donors (Lipinski definition) is 1. The topological polar surface area (TPSA) is 66.3 Å². The second kappa shape index (κ2) is 6.89. The molecule has 4 heterocycles. The van der Waals surface area contributed by atoms with E-state index in [4.69, 9.17) is 28.2 Å². The Hall–Kier alpha value is -2.96. The van der Waals surface area contributed by atoms with E-state index in [0.717, 1.165) is 40.6 Å². The molecule has 3 aromatic rings. The van der Waals surface area contributed by atoms with Crippen LogP contribution in [0.4, 0.5) is 17.5 Å². The van der Waals surface area contributed by atoms with Crippen molar-refractivity contribution in [2.24, 2.45) is 4.99 Å². The summed E-state index contributed by atoms with van der Waals surface area (Å²) in [5.74, 6) is 2.22. The highest BCUT2D eigenvalue weighted by molar-refractivity contribution is 6.41. The highest BCUT2D eigenvalue weighted by atomic mass is 35.5. The summed E-state index contributed by atoms with van der Waals surface area (Å²) in [6, 6.07) is 9.23. The molecule has 138 valence electrons. The van der Waals surface area contributed by atoms with E-state index in [0.29, 0.717) is 22.5 Å². The van der Waals surface area contributed by atoms with Crippen molar-refractivity contribution in [1.82, 2.24) is 15.0 Å². The summed E-state index contributed by atoms with van der Waals surface area (Å²) in [5, 5.41) is 4.40. The van der Waals surface area contributed by atoms with Gasteiger partial charge < -0.3 is 10.2 Å². The van der Waals surface area contributed by atoms with Crippen molar-refractivity contribution in [3.8, 4) is 0 Å². The van der Waals surface area contributed by atoms with Crippen LogP contribution in [-0.4, -0.2) is 33.9 Å². The molecule has 6 nitrogen and oxygen atoms in total. The number of hydrogen-bond acceptors (Lipinski definition) is 6. The van der Waals surface area contributed by atoms with Gasteiger partial charge in [0.2, 0.25) is 5.95 Å². The van der Waals surface area contributed by atoms with Gasteiger partial charge in [0, 0.05) is 52.5 Å². The summed E-state index contributed by atoms with van der Waals surface area (Å²) in [4.78, 5) is 20.0. The zero-order valence-electron chi connectivity index (χ0n) is 14.6. The second-order valence-corrected chi connectivity index (χ2v) is 7.22. The third kappa shape index (κ3) is 3.00. The molecule has 0 amide bonds. The Morgan fingerprint density at radius 1 is 1.07 bits per heavy atom. The number of aromatic nitrogens is 3. The molecule has 5 rings (SSSR count). The van der Waals surface area contributed by atoms with Gasteiger partial charge in [0.25, 0.3) is 0 Å². The van der Waals surface area contributed by atoms with Gasteiger partial charge in [-0.05, 0) is 30.3 Å². The molecular weight excluding hydrogens is 395 g/mol. The van der Waals surface area contributed by atoms with Gasteiger partial charge in [0.05, 0.1) is 11.6 Å². The molecule has 0 aliphatic carbocycles. The maximum atomic E-state index is 6.45. The van der Waals surface area contributed by atoms with E-state index in [1.165, 1.54) is 0 Å². The first kappa shape index (κ1) is 17.2. The van der Waals surface area contributed by atoms with E-state index < -0.39 is 0 Å². The molecule has 0 spiro atoms. The number of aliphatic imine (C=N–C) groups is 1. The molecule has 0 saturated heterocycles. The molecule has 0 bridgehead atoms. The molecule has 0 unspecified atom stereocenters. The molecule has 1 aromatic carbocycles. The van der Waals surface area contributed by atoms with E-state index in [1.807, 2.05) is 36.5 Å². The van der Waals surface area contributed by atoms with Crippen molar-refractivity contribution >= 4 is 58.1 Å². The van der Waals surface area contributed by atoms with Gasteiger partial charge in [-0.25, -0.2) is 4.98 Å². The van der Waals surface area contributed by atoms with Crippen LogP contribution in [-0.2, 0) is 0 Å². The molecule has 28 heavy (non-hydrogen) atoms. The lowest BCUT2D eigenvalue weighted by molar-refractivity contribution is 0.987. The predicted octanol–water partition coefficient (Wildman–Crippen LogP) is 4.69. The standard InChI is InChI=1S/C20H14Cl2N6/c21-13-1-2-15(17(22)10-13)16-9-12-11-25-20(26-14-3-5-23-6-4-14)27-18(12)28-8-7-24-19(16)28/h1-6,9-11H,7-8H2,(H,23,25,26,27). The van der Waals surface area contributed by atoms with Crippen molar-refractivity contribution in [1.29, 1.82) is 0 Å². The number of benzene rings is 1. The summed E-state index contributed by atoms with van der Waals surface area (Å²) < 4.78 is 0. The third-order valence-electron chi connectivity index (χ3n) is 4.59. The van der Waals surface area contributed by atoms with Crippen LogP contribution in [0.15, 0.2) is 53.9 Å². The lowest BCUT2D eigenvalue weighted by Crippen LogP contribution is -2.32. The molecule has 8 heteroatoms. The van der Waals surface area contributed by atoms with Crippen LogP contribution >= 0.6 is 23.2 Å². The first-order valence-electron chi connectivity index (χ1n) is 8.72. The van der Waals surface area contributed by atoms with Crippen molar-refractivity contribution in [2.75, 3.05) is 23.3 Å². The number of nitrogens with zero attached hydrogens (tertiary/aromatic N) is 5. The van der Waals surface area contributed by atoms with Crippen molar-refractivity contribution in [3.63, 3.8) is 0 Å². The van der Waals surface area contributed by atoms with Crippen molar-refractivity contribution in [2.45, 2.75) is 0 Å². The number of nitrogens with one attached hydrogen (secondary N) is 1. The molecule has 1 N–H and O–H groups in total. The summed E-state index contributed by atoms with van der Waals surface area (Å²) in [5.41, 5.74) is 3.64. The van der Waals surface area contributed by atoms with E-state index in [9.17, 15) is 0 Å². The van der Waals surface area contributed by atoms with Crippen LogP contribution < -0.4 is 10.2 Å². The number of halogens is 2. The molecule has 0 fully saturated rings. The second-order valence-electron chi connectivity index (χ2n) is 6.37. The summed E-state index contributed by atoms with van der Waals surface area (Å²) in [6.07, 6.45) is 7.28. The van der Waals surface area contributed by atoms with E-state index in [2.05, 4.69) is 25.2 Å². The van der Waals surface area contributed by atoms with Crippen LogP contribution in [0.5, 0.6) is 0 Å². The Bertz CT molecular complexity index is 1130. The Morgan fingerprint density at radius 2 is 1.93 bits per heavy atom. The van der Waals surface area contributed by atoms with Gasteiger partial charge in [0.1, 0.15) is 11.7 Å². The minimum Gasteiger partial charge on any atom is -0.324 e. The van der Waals surface area contributed by atoms with Gasteiger partial charge in [-0.15, -0.1) is 0 Å². The van der Waals surface area contributed by atoms with Gasteiger partial charge in [-0.2, -0.15) is 4.98 Å². The van der Waals surface area contributed by atoms with E-state index in [-0.39, 0.29) is 0 Å². The fraction of sp³-hybridized carbons (Fsp3) is 0.100. The predicted molar refractivity (Wildman–Crippen MR) is 114 cm³/mol. The minimum absolute atomic E-state index is 0.526. The van der Waals surface area contributed by atoms with Gasteiger partial charge in [-0.3, -0.25) is 9.98 Å². The Balaban J connectivity index is 1.57. The SMILES string of the molecule is Clc1ccc(C2=Cc3cnc(Nc4ccncc4)nc3N3CCN=C23)c(Cl)c1.